The van der Waals surface area contributed by atoms with Gasteiger partial charge in [0.05, 0.1) is 0 Å². The van der Waals surface area contributed by atoms with Crippen LogP contribution in [0.3, 0.4) is 0 Å². The van der Waals surface area contributed by atoms with Crippen LogP contribution in [0, 0.1) is 6.07 Å². The van der Waals surface area contributed by atoms with E-state index >= 15 is 0 Å². The van der Waals surface area contributed by atoms with Crippen molar-refractivity contribution in [1.29, 1.82) is 0 Å². The molecule has 1 aliphatic heterocycles. The van der Waals surface area contributed by atoms with Crippen LogP contribution in [0.1, 0.15) is 13.8 Å². The molecule has 0 spiro atoms. The van der Waals surface area contributed by atoms with E-state index in [1.165, 1.54) is 0 Å². The van der Waals surface area contributed by atoms with E-state index in [9.17, 15) is 0 Å². The van der Waals surface area contributed by atoms with Gasteiger partial charge in [0, 0.05) is 46.2 Å². The van der Waals surface area contributed by atoms with Crippen molar-refractivity contribution in [3.8, 4) is 0 Å². The van der Waals surface area contributed by atoms with E-state index in [1.54, 1.807) is 0 Å². The molecule has 1 aromatic rings. The van der Waals surface area contributed by atoms with Crippen LogP contribution in [0.5, 0.6) is 0 Å². The van der Waals surface area contributed by atoms with Crippen LogP contribution >= 0.6 is 0 Å². The van der Waals surface area contributed by atoms with E-state index in [0.29, 0.717) is 12.1 Å². The van der Waals surface area contributed by atoms with Crippen LogP contribution in [-0.2, 0) is 21.1 Å². The van der Waals surface area contributed by atoms with E-state index < -0.39 is 0 Å². The number of likely N-dealkylation sites (N-methyl/N-ethyl adjacent to an activating group) is 1. The monoisotopic (exact) mass is 487 g/mol. The van der Waals surface area contributed by atoms with Crippen LogP contribution in [0.25, 0.3) is 0 Å². The Morgan fingerprint density at radius 2 is 1.83 bits per heavy atom. The summed E-state index contributed by atoms with van der Waals surface area (Å²) >= 11 is 0. The average Bonchev–Trinajstić information content (AvgIpc) is 2.25. The summed E-state index contributed by atoms with van der Waals surface area (Å²) in [5.41, 5.74) is 7.74. The van der Waals surface area contributed by atoms with Crippen molar-refractivity contribution >= 4 is 11.4 Å². The molecule has 1 heterocycles. The maximum atomic E-state index is 5.80. The summed E-state index contributed by atoms with van der Waals surface area (Å²) < 4.78 is 0. The van der Waals surface area contributed by atoms with Crippen LogP contribution in [0.2, 0.25) is 0 Å². The Kier molecular flexibility index (Phi) is 9.14. The van der Waals surface area contributed by atoms with Crippen molar-refractivity contribution in [2.24, 2.45) is 0 Å². The molecule has 1 fully saturated rings. The molecule has 18 heavy (non-hydrogen) atoms. The van der Waals surface area contributed by atoms with Crippen molar-refractivity contribution in [3.63, 3.8) is 0 Å². The molecule has 0 aliphatic carbocycles. The van der Waals surface area contributed by atoms with Gasteiger partial charge in [-0.05, 0) is 20.9 Å². The standard InChI is InChI=1S/C13H20N3.Rb.W/c1-10-8-16(9-11(2)15(10)3)13-6-4-5-12(14)7-13;;/h4-5,7,10-11H,8-9,14H2,1-3H3;;/q-1;+1;/t10-,11+;;. The molecule has 1 aromatic carbocycles. The smallest absolute Gasteiger partial charge is 0.419 e. The Bertz CT molecular complexity index is 363. The van der Waals surface area contributed by atoms with Gasteiger partial charge < -0.3 is 10.6 Å². The quantitative estimate of drug-likeness (QED) is 0.391. The van der Waals surface area contributed by atoms with Crippen molar-refractivity contribution in [2.45, 2.75) is 25.9 Å². The summed E-state index contributed by atoms with van der Waals surface area (Å²) in [6.07, 6.45) is 0. The molecule has 2 N–H and O–H groups in total. The minimum absolute atomic E-state index is 0. The minimum Gasteiger partial charge on any atom is -0.419 e. The molecule has 0 saturated carbocycles. The number of nitrogen functional groups attached to an aromatic ring is 1. The number of piperazine rings is 1. The minimum atomic E-state index is 0. The first kappa shape index (κ1) is 19.3. The van der Waals surface area contributed by atoms with Gasteiger partial charge in [-0.15, -0.1) is 12.1 Å². The molecular weight excluding hydrogens is 467 g/mol. The maximum Gasteiger partial charge on any atom is 1.00 e. The third-order valence-electron chi connectivity index (χ3n) is 3.51. The maximum absolute atomic E-state index is 5.80. The number of hydrogen-bond acceptors (Lipinski definition) is 3. The summed E-state index contributed by atoms with van der Waals surface area (Å²) in [6.45, 7) is 6.60. The fourth-order valence-electron chi connectivity index (χ4n) is 2.25. The summed E-state index contributed by atoms with van der Waals surface area (Å²) in [7, 11) is 2.19. The molecule has 1 aliphatic rings. The zero-order valence-electron chi connectivity index (χ0n) is 11.7. The van der Waals surface area contributed by atoms with Gasteiger partial charge in [-0.2, -0.15) is 12.1 Å². The second-order valence-electron chi connectivity index (χ2n) is 4.78. The van der Waals surface area contributed by atoms with Crippen LogP contribution in [0.4, 0.5) is 11.4 Å². The van der Waals surface area contributed by atoms with Crippen molar-refractivity contribution < 1.29 is 79.3 Å². The van der Waals surface area contributed by atoms with Crippen molar-refractivity contribution in [1.82, 2.24) is 4.90 Å². The fraction of sp³-hybridized carbons (Fsp3) is 0.538. The summed E-state index contributed by atoms with van der Waals surface area (Å²) in [5.74, 6) is 0. The van der Waals surface area contributed by atoms with Gasteiger partial charge >= 0.3 is 58.2 Å². The second-order valence-corrected chi connectivity index (χ2v) is 4.78. The predicted octanol–water partition coefficient (Wildman–Crippen LogP) is -1.40. The average molecular weight is 488 g/mol. The SMILES string of the molecule is C[C@@H]1CN(c2[c-]ccc(N)c2)C[C@H](C)N1C.[Rb+].[W]. The van der Waals surface area contributed by atoms with E-state index in [0.717, 1.165) is 24.5 Å². The third-order valence-corrected chi connectivity index (χ3v) is 3.51. The molecule has 2 atom stereocenters. The van der Waals surface area contributed by atoms with Gasteiger partial charge in [-0.1, -0.05) is 11.4 Å². The fourth-order valence-corrected chi connectivity index (χ4v) is 2.25. The molecular formula is C13H20N3RbW. The first-order valence-corrected chi connectivity index (χ1v) is 5.82. The van der Waals surface area contributed by atoms with E-state index in [4.69, 9.17) is 5.73 Å². The number of hydrogen-bond donors (Lipinski definition) is 1. The Morgan fingerprint density at radius 3 is 2.33 bits per heavy atom. The van der Waals surface area contributed by atoms with Gasteiger partial charge in [-0.3, -0.25) is 4.90 Å². The Morgan fingerprint density at radius 1 is 1.28 bits per heavy atom. The number of anilines is 2. The molecule has 94 valence electrons. The zero-order chi connectivity index (χ0) is 11.7. The Hall–Kier alpha value is 1.27. The van der Waals surface area contributed by atoms with Gasteiger partial charge in [-0.25, -0.2) is 0 Å². The summed E-state index contributed by atoms with van der Waals surface area (Å²) in [5, 5.41) is 0. The molecule has 1 saturated heterocycles. The normalized spacial score (nSPS) is 24.1. The predicted molar refractivity (Wildman–Crippen MR) is 68.6 cm³/mol. The molecule has 3 nitrogen and oxygen atoms in total. The van der Waals surface area contributed by atoms with Crippen molar-refractivity contribution in [2.75, 3.05) is 30.8 Å². The first-order valence-electron chi connectivity index (χ1n) is 5.82. The molecule has 0 radical (unpaired) electrons. The molecule has 0 unspecified atom stereocenters. The largest absolute Gasteiger partial charge is 1.00 e. The Labute approximate surface area is 174 Å². The van der Waals surface area contributed by atoms with E-state index in [1.807, 2.05) is 18.2 Å². The second kappa shape index (κ2) is 8.54. The van der Waals surface area contributed by atoms with Crippen molar-refractivity contribution in [3.05, 3.63) is 24.3 Å². The summed E-state index contributed by atoms with van der Waals surface area (Å²) in [6, 6.07) is 10.2. The zero-order valence-corrected chi connectivity index (χ0v) is 19.5. The van der Waals surface area contributed by atoms with E-state index in [-0.39, 0.29) is 79.3 Å². The van der Waals surface area contributed by atoms with Gasteiger partial charge in [0.2, 0.25) is 0 Å². The number of benzene rings is 1. The van der Waals surface area contributed by atoms with Gasteiger partial charge in [0.1, 0.15) is 0 Å². The Balaban J connectivity index is 0.00000144. The molecule has 0 bridgehead atoms. The topological polar surface area (TPSA) is 32.5 Å². The number of nitrogens with two attached hydrogens (primary N) is 1. The molecule has 2 rings (SSSR count). The molecule has 0 amide bonds. The van der Waals surface area contributed by atoms with Gasteiger partial charge in [0.15, 0.2) is 0 Å². The summed E-state index contributed by atoms with van der Waals surface area (Å²) in [4.78, 5) is 4.79. The third kappa shape index (κ3) is 4.68. The van der Waals surface area contributed by atoms with Gasteiger partial charge in [0.25, 0.3) is 0 Å². The number of rotatable bonds is 1. The van der Waals surface area contributed by atoms with Crippen LogP contribution in [0.15, 0.2) is 18.2 Å². The van der Waals surface area contributed by atoms with Crippen LogP contribution in [-0.4, -0.2) is 37.1 Å². The molecule has 0 aromatic heterocycles. The van der Waals surface area contributed by atoms with E-state index in [2.05, 4.69) is 36.8 Å². The first-order chi connectivity index (χ1) is 7.58. The number of nitrogens with zero attached hydrogens (tertiary/aromatic N) is 2. The molecule has 5 heteroatoms. The van der Waals surface area contributed by atoms with Crippen LogP contribution < -0.4 is 68.8 Å².